The third kappa shape index (κ3) is 5.36. The molecular formula is C14H32N2O. The van der Waals surface area contributed by atoms with E-state index in [4.69, 9.17) is 10.6 Å². The van der Waals surface area contributed by atoms with E-state index in [0.717, 1.165) is 31.8 Å². The molecule has 0 aromatic heterocycles. The molecule has 0 radical (unpaired) electrons. The van der Waals surface area contributed by atoms with E-state index in [-0.39, 0.29) is 11.6 Å². The summed E-state index contributed by atoms with van der Waals surface area (Å²) in [4.78, 5) is 0. The number of rotatable bonds is 10. The van der Waals surface area contributed by atoms with E-state index >= 15 is 0 Å². The standard InChI is InChI=1S/C14H32N2O/c1-6-14(7-2,17-8-3)13(16-15)11-9-10-12(4)5/h12-13,16H,6-11,15H2,1-5H3. The molecule has 3 nitrogen and oxygen atoms in total. The summed E-state index contributed by atoms with van der Waals surface area (Å²) >= 11 is 0. The molecule has 0 rings (SSSR count). The minimum atomic E-state index is -0.0967. The van der Waals surface area contributed by atoms with Crippen LogP contribution in [0.3, 0.4) is 0 Å². The van der Waals surface area contributed by atoms with E-state index < -0.39 is 0 Å². The van der Waals surface area contributed by atoms with E-state index in [2.05, 4.69) is 40.0 Å². The van der Waals surface area contributed by atoms with Crippen LogP contribution in [0.4, 0.5) is 0 Å². The largest absolute Gasteiger partial charge is 0.374 e. The van der Waals surface area contributed by atoms with Gasteiger partial charge in [-0.05, 0) is 32.1 Å². The van der Waals surface area contributed by atoms with Crippen molar-refractivity contribution in [2.75, 3.05) is 6.61 Å². The molecule has 17 heavy (non-hydrogen) atoms. The molecule has 0 saturated heterocycles. The molecule has 0 fully saturated rings. The van der Waals surface area contributed by atoms with Crippen molar-refractivity contribution in [2.45, 2.75) is 78.4 Å². The molecule has 3 N–H and O–H groups in total. The molecule has 0 aliphatic rings. The third-order valence-electron chi connectivity index (χ3n) is 3.74. The number of nitrogens with two attached hydrogens (primary N) is 1. The molecule has 0 aromatic carbocycles. The lowest BCUT2D eigenvalue weighted by Gasteiger charge is -2.39. The average molecular weight is 244 g/mol. The van der Waals surface area contributed by atoms with Crippen molar-refractivity contribution in [3.05, 3.63) is 0 Å². The second-order valence-corrected chi connectivity index (χ2v) is 5.25. The summed E-state index contributed by atoms with van der Waals surface area (Å²) in [5.74, 6) is 6.49. The van der Waals surface area contributed by atoms with Crippen molar-refractivity contribution in [3.63, 3.8) is 0 Å². The molecule has 104 valence electrons. The fraction of sp³-hybridized carbons (Fsp3) is 1.00. The predicted molar refractivity (Wildman–Crippen MR) is 74.7 cm³/mol. The lowest BCUT2D eigenvalue weighted by molar-refractivity contribution is -0.0743. The molecule has 0 spiro atoms. The Hall–Kier alpha value is -0.120. The zero-order chi connectivity index (χ0) is 13.3. The van der Waals surface area contributed by atoms with Crippen LogP contribution >= 0.6 is 0 Å². The van der Waals surface area contributed by atoms with Gasteiger partial charge in [0, 0.05) is 6.61 Å². The smallest absolute Gasteiger partial charge is 0.0842 e. The Morgan fingerprint density at radius 2 is 1.71 bits per heavy atom. The highest BCUT2D eigenvalue weighted by Gasteiger charge is 2.35. The van der Waals surface area contributed by atoms with E-state index in [1.54, 1.807) is 0 Å². The maximum Gasteiger partial charge on any atom is 0.0842 e. The minimum absolute atomic E-state index is 0.0967. The van der Waals surface area contributed by atoms with E-state index in [9.17, 15) is 0 Å². The first-order chi connectivity index (χ1) is 8.06. The lowest BCUT2D eigenvalue weighted by atomic mass is 9.85. The Morgan fingerprint density at radius 3 is 2.06 bits per heavy atom. The van der Waals surface area contributed by atoms with Crippen LogP contribution in [0.25, 0.3) is 0 Å². The third-order valence-corrected chi connectivity index (χ3v) is 3.74. The van der Waals surface area contributed by atoms with Gasteiger partial charge >= 0.3 is 0 Å². The maximum absolute atomic E-state index is 6.00. The van der Waals surface area contributed by atoms with Crippen LogP contribution in [0.15, 0.2) is 0 Å². The van der Waals surface area contributed by atoms with Gasteiger partial charge in [-0.2, -0.15) is 0 Å². The summed E-state index contributed by atoms with van der Waals surface area (Å²) in [6.07, 6.45) is 5.58. The molecule has 0 heterocycles. The number of hydrogen-bond acceptors (Lipinski definition) is 3. The highest BCUT2D eigenvalue weighted by Crippen LogP contribution is 2.28. The molecule has 1 atom stereocenters. The van der Waals surface area contributed by atoms with E-state index in [1.165, 1.54) is 12.8 Å². The van der Waals surface area contributed by atoms with Crippen molar-refractivity contribution in [2.24, 2.45) is 11.8 Å². The Balaban J connectivity index is 4.44. The average Bonchev–Trinajstić information content (AvgIpc) is 2.32. The number of hydrogen-bond donors (Lipinski definition) is 2. The normalized spacial score (nSPS) is 14.3. The van der Waals surface area contributed by atoms with Crippen LogP contribution in [0.5, 0.6) is 0 Å². The molecule has 1 unspecified atom stereocenters. The summed E-state index contributed by atoms with van der Waals surface area (Å²) in [5, 5.41) is 0. The Kier molecular flexibility index (Phi) is 8.83. The number of nitrogens with one attached hydrogen (secondary N) is 1. The molecule has 0 aliphatic heterocycles. The molecule has 0 bridgehead atoms. The van der Waals surface area contributed by atoms with Crippen LogP contribution < -0.4 is 11.3 Å². The number of ether oxygens (including phenoxy) is 1. The van der Waals surface area contributed by atoms with E-state index in [0.29, 0.717) is 0 Å². The molecular weight excluding hydrogens is 212 g/mol. The topological polar surface area (TPSA) is 47.3 Å². The summed E-state index contributed by atoms with van der Waals surface area (Å²) < 4.78 is 6.00. The zero-order valence-corrected chi connectivity index (χ0v) is 12.4. The summed E-state index contributed by atoms with van der Waals surface area (Å²) in [7, 11) is 0. The molecule has 0 aliphatic carbocycles. The Bertz CT molecular complexity index is 179. The highest BCUT2D eigenvalue weighted by atomic mass is 16.5. The van der Waals surface area contributed by atoms with Gasteiger partial charge in [0.05, 0.1) is 11.6 Å². The Labute approximate surface area is 107 Å². The summed E-state index contributed by atoms with van der Waals surface area (Å²) in [6.45, 7) is 11.7. The van der Waals surface area contributed by atoms with Crippen molar-refractivity contribution < 1.29 is 4.74 Å². The van der Waals surface area contributed by atoms with Gasteiger partial charge in [-0.25, -0.2) is 0 Å². The van der Waals surface area contributed by atoms with Crippen LogP contribution in [0, 0.1) is 5.92 Å². The molecule has 0 aromatic rings. The van der Waals surface area contributed by atoms with Crippen LogP contribution in [0.2, 0.25) is 0 Å². The monoisotopic (exact) mass is 244 g/mol. The summed E-state index contributed by atoms with van der Waals surface area (Å²) in [5.41, 5.74) is 2.88. The van der Waals surface area contributed by atoms with Gasteiger partial charge in [0.15, 0.2) is 0 Å². The zero-order valence-electron chi connectivity index (χ0n) is 12.4. The summed E-state index contributed by atoms with van der Waals surface area (Å²) in [6, 6.07) is 0.260. The number of hydrazine groups is 1. The van der Waals surface area contributed by atoms with Gasteiger partial charge in [-0.3, -0.25) is 11.3 Å². The first kappa shape index (κ1) is 16.9. The first-order valence-electron chi connectivity index (χ1n) is 7.16. The van der Waals surface area contributed by atoms with Gasteiger partial charge in [-0.1, -0.05) is 40.5 Å². The first-order valence-corrected chi connectivity index (χ1v) is 7.16. The van der Waals surface area contributed by atoms with Crippen LogP contribution in [-0.4, -0.2) is 18.2 Å². The van der Waals surface area contributed by atoms with Gasteiger partial charge < -0.3 is 4.74 Å². The van der Waals surface area contributed by atoms with Gasteiger partial charge in [0.25, 0.3) is 0 Å². The second-order valence-electron chi connectivity index (χ2n) is 5.25. The van der Waals surface area contributed by atoms with Crippen LogP contribution in [-0.2, 0) is 4.74 Å². The van der Waals surface area contributed by atoms with Gasteiger partial charge in [0.1, 0.15) is 0 Å². The minimum Gasteiger partial charge on any atom is -0.374 e. The Morgan fingerprint density at radius 1 is 1.12 bits per heavy atom. The highest BCUT2D eigenvalue weighted by molar-refractivity contribution is 4.90. The fourth-order valence-electron chi connectivity index (χ4n) is 2.56. The van der Waals surface area contributed by atoms with Crippen molar-refractivity contribution in [1.82, 2.24) is 5.43 Å². The quantitative estimate of drug-likeness (QED) is 0.458. The fourth-order valence-corrected chi connectivity index (χ4v) is 2.56. The van der Waals surface area contributed by atoms with Gasteiger partial charge in [-0.15, -0.1) is 0 Å². The lowest BCUT2D eigenvalue weighted by Crippen LogP contribution is -2.54. The molecule has 0 amide bonds. The SMILES string of the molecule is CCOC(CC)(CC)C(CCCC(C)C)NN. The van der Waals surface area contributed by atoms with Gasteiger partial charge in [0.2, 0.25) is 0 Å². The second kappa shape index (κ2) is 8.90. The maximum atomic E-state index is 6.00. The van der Waals surface area contributed by atoms with Crippen LogP contribution in [0.1, 0.15) is 66.7 Å². The molecule has 3 heteroatoms. The van der Waals surface area contributed by atoms with Crippen molar-refractivity contribution >= 4 is 0 Å². The van der Waals surface area contributed by atoms with Crippen molar-refractivity contribution in [1.29, 1.82) is 0 Å². The predicted octanol–water partition coefficient (Wildman–Crippen LogP) is 3.24. The molecule has 0 saturated carbocycles. The van der Waals surface area contributed by atoms with E-state index in [1.807, 2.05) is 0 Å². The van der Waals surface area contributed by atoms with Crippen molar-refractivity contribution in [3.8, 4) is 0 Å².